The van der Waals surface area contributed by atoms with Crippen LogP contribution in [0.3, 0.4) is 0 Å². The van der Waals surface area contributed by atoms with Gasteiger partial charge < -0.3 is 15.5 Å². The molecule has 0 aliphatic rings. The van der Waals surface area contributed by atoms with Crippen molar-refractivity contribution in [3.8, 4) is 0 Å². The molecule has 0 saturated carbocycles. The number of halogens is 1. The second-order valence-corrected chi connectivity index (χ2v) is 7.13. The molecule has 0 aliphatic carbocycles. The predicted molar refractivity (Wildman–Crippen MR) is 121 cm³/mol. The molecule has 0 heterocycles. The number of aliphatic imine (C=N–C) groups is 1. The Bertz CT molecular complexity index is 532. The van der Waals surface area contributed by atoms with Gasteiger partial charge in [-0.05, 0) is 37.7 Å². The van der Waals surface area contributed by atoms with Crippen molar-refractivity contribution in [2.24, 2.45) is 10.9 Å². The van der Waals surface area contributed by atoms with Gasteiger partial charge in [0.2, 0.25) is 5.91 Å². The van der Waals surface area contributed by atoms with Gasteiger partial charge >= 0.3 is 0 Å². The molecule has 1 aromatic rings. The third kappa shape index (κ3) is 11.3. The van der Waals surface area contributed by atoms with Gasteiger partial charge in [0.1, 0.15) is 6.54 Å². The molecule has 6 heteroatoms. The van der Waals surface area contributed by atoms with Crippen LogP contribution in [-0.4, -0.2) is 50.0 Å². The molecule has 0 fully saturated rings. The van der Waals surface area contributed by atoms with Crippen LogP contribution in [0.15, 0.2) is 35.3 Å². The van der Waals surface area contributed by atoms with Gasteiger partial charge in [0.15, 0.2) is 5.96 Å². The van der Waals surface area contributed by atoms with Crippen LogP contribution in [0.2, 0.25) is 0 Å². The lowest BCUT2D eigenvalue weighted by Gasteiger charge is -2.19. The van der Waals surface area contributed by atoms with Crippen molar-refractivity contribution in [2.75, 3.05) is 27.2 Å². The molecule has 2 N–H and O–H groups in total. The fraction of sp³-hybridized carbons (Fsp3) is 0.600. The molecule has 1 atom stereocenters. The Morgan fingerprint density at radius 1 is 1.12 bits per heavy atom. The quantitative estimate of drug-likeness (QED) is 0.328. The monoisotopic (exact) mass is 474 g/mol. The molecule has 0 radical (unpaired) electrons. The molecule has 26 heavy (non-hydrogen) atoms. The van der Waals surface area contributed by atoms with E-state index in [0.29, 0.717) is 17.9 Å². The maximum atomic E-state index is 11.8. The maximum Gasteiger partial charge on any atom is 0.243 e. The van der Waals surface area contributed by atoms with Gasteiger partial charge in [-0.3, -0.25) is 4.79 Å². The summed E-state index contributed by atoms with van der Waals surface area (Å²) in [5.41, 5.74) is 1.28. The van der Waals surface area contributed by atoms with Crippen LogP contribution < -0.4 is 10.6 Å². The Balaban J connectivity index is 0.00000625. The van der Waals surface area contributed by atoms with E-state index in [1.165, 1.54) is 12.0 Å². The summed E-state index contributed by atoms with van der Waals surface area (Å²) in [5, 5.41) is 6.77. The average molecular weight is 474 g/mol. The summed E-state index contributed by atoms with van der Waals surface area (Å²) in [6.45, 7) is 7.56. The van der Waals surface area contributed by atoms with Gasteiger partial charge in [-0.25, -0.2) is 4.99 Å². The Labute approximate surface area is 176 Å². The minimum absolute atomic E-state index is 0. The zero-order valence-corrected chi connectivity index (χ0v) is 19.1. The van der Waals surface area contributed by atoms with Gasteiger partial charge in [0, 0.05) is 26.7 Å². The van der Waals surface area contributed by atoms with Crippen LogP contribution >= 0.6 is 24.0 Å². The molecule has 148 valence electrons. The highest BCUT2D eigenvalue weighted by molar-refractivity contribution is 14.0. The molecule has 0 saturated heterocycles. The molecule has 0 aromatic heterocycles. The van der Waals surface area contributed by atoms with Crippen LogP contribution in [0.5, 0.6) is 0 Å². The molecule has 1 rings (SSSR count). The maximum absolute atomic E-state index is 11.8. The molecule has 1 unspecified atom stereocenters. The summed E-state index contributed by atoms with van der Waals surface area (Å²) in [4.78, 5) is 17.8. The molecule has 1 aromatic carbocycles. The summed E-state index contributed by atoms with van der Waals surface area (Å²) in [6, 6.07) is 10.7. The highest BCUT2D eigenvalue weighted by Crippen LogP contribution is 2.06. The van der Waals surface area contributed by atoms with Gasteiger partial charge in [0.05, 0.1) is 0 Å². The topological polar surface area (TPSA) is 56.7 Å². The number of nitrogens with zero attached hydrogens (tertiary/aromatic N) is 2. The summed E-state index contributed by atoms with van der Waals surface area (Å²) in [7, 11) is 3.50. The number of amides is 1. The van der Waals surface area contributed by atoms with Crippen LogP contribution in [0.25, 0.3) is 0 Å². The van der Waals surface area contributed by atoms with E-state index in [9.17, 15) is 4.79 Å². The van der Waals surface area contributed by atoms with E-state index in [-0.39, 0.29) is 36.4 Å². The van der Waals surface area contributed by atoms with E-state index in [2.05, 4.69) is 48.5 Å². The summed E-state index contributed by atoms with van der Waals surface area (Å²) >= 11 is 0. The first-order valence-electron chi connectivity index (χ1n) is 9.17. The first-order chi connectivity index (χ1) is 11.9. The van der Waals surface area contributed by atoms with Crippen LogP contribution in [0.1, 0.15) is 39.2 Å². The first kappa shape index (κ1) is 24.7. The number of carbonyl (C=O) groups excluding carboxylic acids is 1. The van der Waals surface area contributed by atoms with Gasteiger partial charge in [-0.2, -0.15) is 0 Å². The number of rotatable bonds is 9. The largest absolute Gasteiger partial charge is 0.356 e. The van der Waals surface area contributed by atoms with Gasteiger partial charge in [-0.15, -0.1) is 24.0 Å². The highest BCUT2D eigenvalue weighted by Gasteiger charge is 2.08. The van der Waals surface area contributed by atoms with E-state index in [1.807, 2.05) is 18.2 Å². The Morgan fingerprint density at radius 3 is 2.35 bits per heavy atom. The zero-order valence-electron chi connectivity index (χ0n) is 16.8. The van der Waals surface area contributed by atoms with Crippen molar-refractivity contribution >= 4 is 35.8 Å². The van der Waals surface area contributed by atoms with E-state index < -0.39 is 0 Å². The fourth-order valence-electron chi connectivity index (χ4n) is 2.30. The number of hydrogen-bond donors (Lipinski definition) is 2. The van der Waals surface area contributed by atoms with Gasteiger partial charge in [-0.1, -0.05) is 44.2 Å². The predicted octanol–water partition coefficient (Wildman–Crippen LogP) is 3.30. The van der Waals surface area contributed by atoms with Crippen molar-refractivity contribution in [1.82, 2.24) is 15.5 Å². The lowest BCUT2D eigenvalue weighted by atomic mass is 10.0. The Hall–Kier alpha value is -1.31. The number of guanidine groups is 1. The smallest absolute Gasteiger partial charge is 0.243 e. The molecule has 0 spiro atoms. The van der Waals surface area contributed by atoms with E-state index in [4.69, 9.17) is 0 Å². The third-order valence-corrected chi connectivity index (χ3v) is 3.98. The third-order valence-electron chi connectivity index (χ3n) is 3.98. The Kier molecular flexibility index (Phi) is 13.1. The molecule has 1 amide bonds. The van der Waals surface area contributed by atoms with E-state index >= 15 is 0 Å². The second kappa shape index (κ2) is 13.8. The van der Waals surface area contributed by atoms with E-state index in [1.54, 1.807) is 19.0 Å². The minimum atomic E-state index is -0.000933. The van der Waals surface area contributed by atoms with Crippen molar-refractivity contribution in [2.45, 2.75) is 46.1 Å². The normalized spacial score (nSPS) is 12.3. The van der Waals surface area contributed by atoms with Crippen molar-refractivity contribution in [3.05, 3.63) is 35.9 Å². The number of likely N-dealkylation sites (N-methyl/N-ethyl adjacent to an activating group) is 1. The van der Waals surface area contributed by atoms with Crippen LogP contribution in [-0.2, 0) is 11.2 Å². The average Bonchev–Trinajstić information content (AvgIpc) is 2.58. The van der Waals surface area contributed by atoms with Crippen LogP contribution in [0, 0.1) is 5.92 Å². The Morgan fingerprint density at radius 2 is 1.77 bits per heavy atom. The molecular formula is C20H35IN4O. The number of hydrogen-bond acceptors (Lipinski definition) is 2. The van der Waals surface area contributed by atoms with E-state index in [0.717, 1.165) is 19.4 Å². The lowest BCUT2D eigenvalue weighted by molar-refractivity contribution is -0.127. The standard InChI is InChI=1S/C20H34N4O.HI/c1-16(2)11-12-17(3)23-20(22-15-19(25)24(4)5)21-14-13-18-9-7-6-8-10-18;/h6-10,16-17H,11-15H2,1-5H3,(H2,21,22,23);1H. The SMILES string of the molecule is CC(C)CCC(C)NC(=NCC(=O)N(C)C)NCCc1ccccc1.I. The van der Waals surface area contributed by atoms with Gasteiger partial charge in [0.25, 0.3) is 0 Å². The highest BCUT2D eigenvalue weighted by atomic mass is 127. The minimum Gasteiger partial charge on any atom is -0.356 e. The van der Waals surface area contributed by atoms with Crippen molar-refractivity contribution in [3.63, 3.8) is 0 Å². The lowest BCUT2D eigenvalue weighted by Crippen LogP contribution is -2.43. The summed E-state index contributed by atoms with van der Waals surface area (Å²) in [6.07, 6.45) is 3.17. The fourth-order valence-corrected chi connectivity index (χ4v) is 2.30. The first-order valence-corrected chi connectivity index (χ1v) is 9.17. The van der Waals surface area contributed by atoms with Crippen molar-refractivity contribution in [1.29, 1.82) is 0 Å². The summed E-state index contributed by atoms with van der Waals surface area (Å²) in [5.74, 6) is 1.40. The zero-order chi connectivity index (χ0) is 18.7. The molecular weight excluding hydrogens is 439 g/mol. The number of carbonyl (C=O) groups is 1. The molecule has 0 aliphatic heterocycles. The van der Waals surface area contributed by atoms with Crippen LogP contribution in [0.4, 0.5) is 0 Å². The van der Waals surface area contributed by atoms with Crippen molar-refractivity contribution < 1.29 is 4.79 Å². The molecule has 0 bridgehead atoms. The summed E-state index contributed by atoms with van der Waals surface area (Å²) < 4.78 is 0. The number of nitrogens with one attached hydrogen (secondary N) is 2. The second-order valence-electron chi connectivity index (χ2n) is 7.13. The molecule has 5 nitrogen and oxygen atoms in total. The number of benzene rings is 1.